The molecule has 1 N–H and O–H groups in total. The summed E-state index contributed by atoms with van der Waals surface area (Å²) in [4.78, 5) is 11.0. The van der Waals surface area contributed by atoms with Crippen molar-refractivity contribution in [3.63, 3.8) is 0 Å². The van der Waals surface area contributed by atoms with Gasteiger partial charge in [0.25, 0.3) is 0 Å². The summed E-state index contributed by atoms with van der Waals surface area (Å²) in [7, 11) is 0. The van der Waals surface area contributed by atoms with Gasteiger partial charge in [0.15, 0.2) is 5.75 Å². The lowest BCUT2D eigenvalue weighted by Crippen LogP contribution is -2.10. The molecule has 0 bridgehead atoms. The van der Waals surface area contributed by atoms with E-state index in [0.717, 1.165) is 12.8 Å². The fourth-order valence-electron chi connectivity index (χ4n) is 1.38. The van der Waals surface area contributed by atoms with Crippen LogP contribution in [0.4, 0.5) is 0 Å². The fraction of sp³-hybridized carbons (Fsp3) is 0.462. The highest BCUT2D eigenvalue weighted by atomic mass is 35.5. The van der Waals surface area contributed by atoms with Crippen molar-refractivity contribution in [2.75, 3.05) is 19.8 Å². The number of hydrogen-bond acceptors (Lipinski definition) is 3. The Morgan fingerprint density at radius 3 is 2.78 bits per heavy atom. The lowest BCUT2D eigenvalue weighted by molar-refractivity contribution is 0.0685. The van der Waals surface area contributed by atoms with Gasteiger partial charge in [-0.25, -0.2) is 4.79 Å². The summed E-state index contributed by atoms with van der Waals surface area (Å²) in [6.45, 7) is 3.48. The van der Waals surface area contributed by atoms with Crippen LogP contribution in [0.5, 0.6) is 5.75 Å². The Balaban J connectivity index is 2.48. The lowest BCUT2D eigenvalue weighted by atomic mass is 10.2. The van der Waals surface area contributed by atoms with Crippen LogP contribution >= 0.6 is 11.6 Å². The number of unbranched alkanes of at least 4 members (excludes halogenated alkanes) is 1. The van der Waals surface area contributed by atoms with E-state index in [1.54, 1.807) is 12.1 Å². The van der Waals surface area contributed by atoms with E-state index in [-0.39, 0.29) is 17.9 Å². The maximum atomic E-state index is 11.0. The molecule has 1 aromatic rings. The van der Waals surface area contributed by atoms with E-state index >= 15 is 0 Å². The smallest absolute Gasteiger partial charge is 0.339 e. The van der Waals surface area contributed by atoms with Crippen molar-refractivity contribution in [2.45, 2.75) is 19.8 Å². The lowest BCUT2D eigenvalue weighted by Gasteiger charge is -2.10. The second-order valence-corrected chi connectivity index (χ2v) is 4.14. The molecule has 0 atom stereocenters. The molecule has 0 saturated heterocycles. The van der Waals surface area contributed by atoms with Crippen LogP contribution in [-0.2, 0) is 4.74 Å². The van der Waals surface area contributed by atoms with E-state index < -0.39 is 5.97 Å². The number of carboxylic acids is 1. The van der Waals surface area contributed by atoms with Crippen molar-refractivity contribution in [3.05, 3.63) is 28.8 Å². The molecule has 0 unspecified atom stereocenters. The first kappa shape index (κ1) is 14.8. The van der Waals surface area contributed by atoms with Gasteiger partial charge in [-0.15, -0.1) is 0 Å². The van der Waals surface area contributed by atoms with Crippen LogP contribution in [0.3, 0.4) is 0 Å². The minimum absolute atomic E-state index is 0.0658. The predicted octanol–water partition coefficient (Wildman–Crippen LogP) is 3.23. The first-order valence-corrected chi connectivity index (χ1v) is 6.27. The Morgan fingerprint density at radius 2 is 2.11 bits per heavy atom. The molecule has 0 aliphatic heterocycles. The summed E-state index contributed by atoms with van der Waals surface area (Å²) in [6.07, 6.45) is 2.08. The van der Waals surface area contributed by atoms with E-state index in [0.29, 0.717) is 18.2 Å². The predicted molar refractivity (Wildman–Crippen MR) is 69.6 cm³/mol. The number of benzene rings is 1. The third kappa shape index (κ3) is 4.55. The van der Waals surface area contributed by atoms with Gasteiger partial charge < -0.3 is 14.6 Å². The Morgan fingerprint density at radius 1 is 1.33 bits per heavy atom. The van der Waals surface area contributed by atoms with Gasteiger partial charge in [-0.3, -0.25) is 0 Å². The van der Waals surface area contributed by atoms with Gasteiger partial charge >= 0.3 is 5.97 Å². The average Bonchev–Trinajstić information content (AvgIpc) is 2.34. The Hall–Kier alpha value is -1.26. The second kappa shape index (κ2) is 7.95. The monoisotopic (exact) mass is 272 g/mol. The molecule has 0 aliphatic rings. The van der Waals surface area contributed by atoms with E-state index in [2.05, 4.69) is 6.92 Å². The van der Waals surface area contributed by atoms with Crippen LogP contribution in [0, 0.1) is 0 Å². The molecule has 18 heavy (non-hydrogen) atoms. The molecule has 0 radical (unpaired) electrons. The van der Waals surface area contributed by atoms with Crippen LogP contribution in [0.15, 0.2) is 18.2 Å². The standard InChI is InChI=1S/C13H17ClO4/c1-2-3-7-17-8-9-18-12-10(13(15)16)5-4-6-11(12)14/h4-6H,2-3,7-9H2,1H3,(H,15,16). The minimum Gasteiger partial charge on any atom is -0.489 e. The average molecular weight is 273 g/mol. The molecule has 0 aromatic heterocycles. The summed E-state index contributed by atoms with van der Waals surface area (Å²) in [5, 5.41) is 9.29. The van der Waals surface area contributed by atoms with Gasteiger partial charge in [0.1, 0.15) is 12.2 Å². The topological polar surface area (TPSA) is 55.8 Å². The first-order chi connectivity index (χ1) is 8.66. The summed E-state index contributed by atoms with van der Waals surface area (Å²) in [6, 6.07) is 4.64. The number of carboxylic acid groups (broad SMARTS) is 1. The third-order valence-electron chi connectivity index (χ3n) is 2.31. The number of ether oxygens (including phenoxy) is 2. The zero-order valence-corrected chi connectivity index (χ0v) is 11.1. The molecule has 0 heterocycles. The molecular formula is C13H17ClO4. The third-order valence-corrected chi connectivity index (χ3v) is 2.61. The molecule has 100 valence electrons. The maximum Gasteiger partial charge on any atom is 0.339 e. The molecule has 5 heteroatoms. The number of para-hydroxylation sites is 1. The van der Waals surface area contributed by atoms with Crippen LogP contribution in [0.2, 0.25) is 5.02 Å². The van der Waals surface area contributed by atoms with E-state index in [1.165, 1.54) is 6.07 Å². The van der Waals surface area contributed by atoms with Crippen LogP contribution in [-0.4, -0.2) is 30.9 Å². The van der Waals surface area contributed by atoms with Gasteiger partial charge in [-0.2, -0.15) is 0 Å². The van der Waals surface area contributed by atoms with Crippen molar-refractivity contribution < 1.29 is 19.4 Å². The van der Waals surface area contributed by atoms with E-state index in [9.17, 15) is 4.79 Å². The second-order valence-electron chi connectivity index (χ2n) is 3.74. The minimum atomic E-state index is -1.06. The maximum absolute atomic E-state index is 11.0. The molecule has 0 fully saturated rings. The van der Waals surface area contributed by atoms with E-state index in [4.69, 9.17) is 26.2 Å². The van der Waals surface area contributed by atoms with Gasteiger partial charge in [-0.05, 0) is 18.6 Å². The molecule has 1 rings (SSSR count). The summed E-state index contributed by atoms with van der Waals surface area (Å²) in [5.41, 5.74) is 0.0658. The Bertz CT molecular complexity index is 393. The van der Waals surface area contributed by atoms with E-state index in [1.807, 2.05) is 0 Å². The van der Waals surface area contributed by atoms with Crippen LogP contribution in [0.25, 0.3) is 0 Å². The molecule has 0 aliphatic carbocycles. The van der Waals surface area contributed by atoms with Crippen LogP contribution < -0.4 is 4.74 Å². The number of aromatic carboxylic acids is 1. The molecule has 0 amide bonds. The molecule has 1 aromatic carbocycles. The van der Waals surface area contributed by atoms with Crippen molar-refractivity contribution in [2.24, 2.45) is 0 Å². The Kier molecular flexibility index (Phi) is 6.54. The number of carbonyl (C=O) groups is 1. The highest BCUT2D eigenvalue weighted by Crippen LogP contribution is 2.28. The van der Waals surface area contributed by atoms with Gasteiger partial charge in [-0.1, -0.05) is 31.0 Å². The first-order valence-electron chi connectivity index (χ1n) is 5.89. The number of halogens is 1. The number of hydrogen-bond donors (Lipinski definition) is 1. The normalized spacial score (nSPS) is 10.3. The Labute approximate surface area is 111 Å². The zero-order chi connectivity index (χ0) is 13.4. The largest absolute Gasteiger partial charge is 0.489 e. The molecule has 0 saturated carbocycles. The van der Waals surface area contributed by atoms with Crippen molar-refractivity contribution in [1.82, 2.24) is 0 Å². The SMILES string of the molecule is CCCCOCCOc1c(Cl)cccc1C(=O)O. The van der Waals surface area contributed by atoms with Crippen molar-refractivity contribution in [3.8, 4) is 5.75 Å². The van der Waals surface area contributed by atoms with Crippen molar-refractivity contribution in [1.29, 1.82) is 0 Å². The molecule has 0 spiro atoms. The van der Waals surface area contributed by atoms with Crippen LogP contribution in [0.1, 0.15) is 30.1 Å². The zero-order valence-electron chi connectivity index (χ0n) is 10.3. The summed E-state index contributed by atoms with van der Waals surface area (Å²) < 4.78 is 10.7. The van der Waals surface area contributed by atoms with Crippen molar-refractivity contribution >= 4 is 17.6 Å². The van der Waals surface area contributed by atoms with Gasteiger partial charge in [0, 0.05) is 6.61 Å². The van der Waals surface area contributed by atoms with Gasteiger partial charge in [0.2, 0.25) is 0 Å². The fourth-order valence-corrected chi connectivity index (χ4v) is 1.60. The highest BCUT2D eigenvalue weighted by molar-refractivity contribution is 6.32. The molecular weight excluding hydrogens is 256 g/mol. The number of rotatable bonds is 8. The summed E-state index contributed by atoms with van der Waals surface area (Å²) in [5.74, 6) is -0.856. The van der Waals surface area contributed by atoms with Gasteiger partial charge in [0.05, 0.1) is 11.6 Å². The quantitative estimate of drug-likeness (QED) is 0.738. The summed E-state index contributed by atoms with van der Waals surface area (Å²) >= 11 is 5.91. The molecule has 4 nitrogen and oxygen atoms in total. The highest BCUT2D eigenvalue weighted by Gasteiger charge is 2.14.